The maximum Gasteiger partial charge on any atom is 0.500 e. The van der Waals surface area contributed by atoms with Gasteiger partial charge in [-0.05, 0) is 27.2 Å². The molecule has 0 aromatic heterocycles. The van der Waals surface area contributed by atoms with E-state index in [1.807, 2.05) is 0 Å². The van der Waals surface area contributed by atoms with E-state index in [2.05, 4.69) is 26.1 Å². The normalized spacial score (nSPS) is 11.8. The topological polar surface area (TPSA) is 66.0 Å². The Labute approximate surface area is 154 Å². The van der Waals surface area contributed by atoms with Crippen molar-refractivity contribution in [2.75, 3.05) is 60.7 Å². The minimum Gasteiger partial charge on any atom is -1.00 e. The van der Waals surface area contributed by atoms with Crippen molar-refractivity contribution < 1.29 is 39.7 Å². The number of nitrogens with zero attached hydrogens (tertiary/aromatic N) is 1. The number of likely N-dealkylation sites (N-methyl/N-ethyl adjacent to an activating group) is 1. The molecule has 9 heteroatoms. The SMILES string of the molecule is CC[N+](CC)(CC)CCOC(=O)NCCC[Si](OC)(OC)OC.[Cl-]. The van der Waals surface area contributed by atoms with Crippen LogP contribution < -0.4 is 17.7 Å². The van der Waals surface area contributed by atoms with Crippen molar-refractivity contribution in [3.05, 3.63) is 0 Å². The van der Waals surface area contributed by atoms with Gasteiger partial charge in [0.05, 0.1) is 19.6 Å². The molecule has 0 radical (unpaired) electrons. The van der Waals surface area contributed by atoms with Gasteiger partial charge in [-0.15, -0.1) is 0 Å². The fraction of sp³-hybridized carbons (Fsp3) is 0.933. The van der Waals surface area contributed by atoms with Crippen LogP contribution in [-0.4, -0.2) is 80.0 Å². The van der Waals surface area contributed by atoms with E-state index in [4.69, 9.17) is 18.0 Å². The predicted octanol–water partition coefficient (Wildman–Crippen LogP) is -1.14. The van der Waals surface area contributed by atoms with Gasteiger partial charge in [0.2, 0.25) is 0 Å². The molecule has 0 spiro atoms. The van der Waals surface area contributed by atoms with Gasteiger partial charge in [0.15, 0.2) is 0 Å². The standard InChI is InChI=1S/C15H34N2O5Si.ClH/c1-7-17(8-2,9-3)12-13-22-15(18)16-11-10-14-23(19-4,20-5)21-6;/h7-14H2,1-6H3;1H. The minimum atomic E-state index is -2.55. The molecule has 1 N–H and O–H groups in total. The first-order valence-electron chi connectivity index (χ1n) is 8.38. The second-order valence-electron chi connectivity index (χ2n) is 5.48. The van der Waals surface area contributed by atoms with Crippen molar-refractivity contribution in [1.29, 1.82) is 0 Å². The Morgan fingerprint density at radius 2 is 1.50 bits per heavy atom. The van der Waals surface area contributed by atoms with Crippen LogP contribution in [0.4, 0.5) is 4.79 Å². The third-order valence-electron chi connectivity index (χ3n) is 4.67. The average Bonchev–Trinajstić information content (AvgIpc) is 2.60. The Kier molecular flexibility index (Phi) is 14.9. The molecule has 0 aromatic carbocycles. The van der Waals surface area contributed by atoms with E-state index in [9.17, 15) is 4.79 Å². The van der Waals surface area contributed by atoms with Crippen LogP contribution in [0.2, 0.25) is 6.04 Å². The summed E-state index contributed by atoms with van der Waals surface area (Å²) in [5.74, 6) is 0. The van der Waals surface area contributed by atoms with Crippen molar-refractivity contribution in [3.8, 4) is 0 Å². The number of rotatable bonds is 13. The van der Waals surface area contributed by atoms with Crippen molar-refractivity contribution in [2.24, 2.45) is 0 Å². The molecule has 0 atom stereocenters. The molecule has 1 amide bonds. The molecule has 0 aliphatic heterocycles. The van der Waals surface area contributed by atoms with E-state index >= 15 is 0 Å². The number of carbonyl (C=O) groups excluding carboxylic acids is 1. The Morgan fingerprint density at radius 3 is 1.92 bits per heavy atom. The maximum atomic E-state index is 11.7. The fourth-order valence-corrected chi connectivity index (χ4v) is 4.30. The van der Waals surface area contributed by atoms with Gasteiger partial charge in [-0.1, -0.05) is 0 Å². The van der Waals surface area contributed by atoms with Crippen molar-refractivity contribution in [2.45, 2.75) is 33.2 Å². The summed E-state index contributed by atoms with van der Waals surface area (Å²) >= 11 is 0. The second kappa shape index (κ2) is 13.9. The summed E-state index contributed by atoms with van der Waals surface area (Å²) < 4.78 is 22.2. The van der Waals surface area contributed by atoms with Crippen LogP contribution in [0.1, 0.15) is 27.2 Å². The zero-order valence-corrected chi connectivity index (χ0v) is 17.8. The van der Waals surface area contributed by atoms with E-state index in [0.29, 0.717) is 19.2 Å². The second-order valence-corrected chi connectivity index (χ2v) is 8.57. The lowest BCUT2D eigenvalue weighted by molar-refractivity contribution is -0.923. The molecule has 7 nitrogen and oxygen atoms in total. The number of carbonyl (C=O) groups is 1. The van der Waals surface area contributed by atoms with Gasteiger partial charge in [0.25, 0.3) is 0 Å². The molecule has 0 unspecified atom stereocenters. The van der Waals surface area contributed by atoms with Crippen LogP contribution in [-0.2, 0) is 18.0 Å². The van der Waals surface area contributed by atoms with Gasteiger partial charge in [-0.2, -0.15) is 0 Å². The summed E-state index contributed by atoms with van der Waals surface area (Å²) in [6, 6.07) is 0.651. The molecule has 0 saturated heterocycles. The van der Waals surface area contributed by atoms with Gasteiger partial charge in [-0.3, -0.25) is 0 Å². The molecular formula is C15H35ClN2O5Si. The summed E-state index contributed by atoms with van der Waals surface area (Å²) in [6.45, 7) is 11.5. The number of amides is 1. The Hall–Kier alpha value is -0.383. The van der Waals surface area contributed by atoms with E-state index < -0.39 is 8.80 Å². The van der Waals surface area contributed by atoms with E-state index in [0.717, 1.165) is 37.1 Å². The summed E-state index contributed by atoms with van der Waals surface area (Å²) in [5, 5.41) is 2.76. The third-order valence-corrected chi connectivity index (χ3v) is 7.51. The molecule has 0 bridgehead atoms. The zero-order valence-electron chi connectivity index (χ0n) is 16.0. The highest BCUT2D eigenvalue weighted by Crippen LogP contribution is 2.14. The van der Waals surface area contributed by atoms with Crippen LogP contribution in [0, 0.1) is 0 Å². The number of alkyl carbamates (subject to hydrolysis) is 1. The fourth-order valence-electron chi connectivity index (χ4n) is 2.58. The lowest BCUT2D eigenvalue weighted by atomic mass is 10.3. The first-order chi connectivity index (χ1) is 11.0. The smallest absolute Gasteiger partial charge is 0.500 e. The molecule has 0 heterocycles. The van der Waals surface area contributed by atoms with Crippen LogP contribution in [0.3, 0.4) is 0 Å². The largest absolute Gasteiger partial charge is 1.00 e. The number of quaternary nitrogens is 1. The van der Waals surface area contributed by atoms with E-state index in [-0.39, 0.29) is 18.5 Å². The Bertz CT molecular complexity index is 312. The zero-order chi connectivity index (χ0) is 17.8. The number of halogens is 1. The molecule has 0 aromatic rings. The molecule has 0 rings (SSSR count). The quantitative estimate of drug-likeness (QED) is 0.246. The number of nitrogens with one attached hydrogen (secondary N) is 1. The lowest BCUT2D eigenvalue weighted by Crippen LogP contribution is -3.00. The van der Waals surface area contributed by atoms with Crippen LogP contribution in [0.5, 0.6) is 0 Å². The summed E-state index contributed by atoms with van der Waals surface area (Å²) in [7, 11) is 2.20. The Balaban J connectivity index is 0. The van der Waals surface area contributed by atoms with Crippen LogP contribution >= 0.6 is 0 Å². The van der Waals surface area contributed by atoms with Crippen molar-refractivity contribution in [1.82, 2.24) is 5.32 Å². The molecule has 0 saturated carbocycles. The van der Waals surface area contributed by atoms with Crippen LogP contribution in [0.25, 0.3) is 0 Å². The maximum absolute atomic E-state index is 11.7. The van der Waals surface area contributed by atoms with E-state index in [1.54, 1.807) is 21.3 Å². The highest BCUT2D eigenvalue weighted by molar-refractivity contribution is 6.60. The monoisotopic (exact) mass is 386 g/mol. The van der Waals surface area contributed by atoms with Gasteiger partial charge < -0.3 is 40.2 Å². The lowest BCUT2D eigenvalue weighted by Gasteiger charge is -2.35. The highest BCUT2D eigenvalue weighted by Gasteiger charge is 2.36. The van der Waals surface area contributed by atoms with Crippen LogP contribution in [0.15, 0.2) is 0 Å². The summed E-state index contributed by atoms with van der Waals surface area (Å²) in [5.41, 5.74) is 0. The first-order valence-corrected chi connectivity index (χ1v) is 10.3. The van der Waals surface area contributed by atoms with E-state index in [1.165, 1.54) is 0 Å². The number of hydrogen-bond acceptors (Lipinski definition) is 5. The molecule has 24 heavy (non-hydrogen) atoms. The van der Waals surface area contributed by atoms with Gasteiger partial charge in [-0.25, -0.2) is 4.79 Å². The van der Waals surface area contributed by atoms with Gasteiger partial charge in [0.1, 0.15) is 13.2 Å². The van der Waals surface area contributed by atoms with Gasteiger partial charge in [0, 0.05) is 33.9 Å². The average molecular weight is 387 g/mol. The predicted molar refractivity (Wildman–Crippen MR) is 92.3 cm³/mol. The summed E-state index contributed by atoms with van der Waals surface area (Å²) in [4.78, 5) is 11.7. The molecule has 0 aliphatic carbocycles. The van der Waals surface area contributed by atoms with Crippen molar-refractivity contribution >= 4 is 14.9 Å². The van der Waals surface area contributed by atoms with Crippen molar-refractivity contribution in [3.63, 3.8) is 0 Å². The minimum absolute atomic E-state index is 0. The summed E-state index contributed by atoms with van der Waals surface area (Å²) in [6.07, 6.45) is 0.348. The molecule has 0 fully saturated rings. The molecular weight excluding hydrogens is 352 g/mol. The molecule has 0 aliphatic rings. The van der Waals surface area contributed by atoms with Gasteiger partial charge >= 0.3 is 14.9 Å². The Morgan fingerprint density at radius 1 is 1.00 bits per heavy atom. The first kappa shape index (κ1) is 25.9. The third kappa shape index (κ3) is 8.64. The number of ether oxygens (including phenoxy) is 1. The number of hydrogen-bond donors (Lipinski definition) is 1. The highest BCUT2D eigenvalue weighted by atomic mass is 35.5. The molecule has 146 valence electrons.